The Kier molecular flexibility index (Phi) is 9.51. The van der Waals surface area contributed by atoms with E-state index in [0.717, 1.165) is 36.9 Å². The summed E-state index contributed by atoms with van der Waals surface area (Å²) in [6.07, 6.45) is 14.4. The van der Waals surface area contributed by atoms with Crippen molar-refractivity contribution in [2.75, 3.05) is 13.2 Å². The Morgan fingerprint density at radius 1 is 0.680 bits per heavy atom. The lowest BCUT2D eigenvalue weighted by Gasteiger charge is -2.39. The quantitative estimate of drug-likeness (QED) is 0.389. The zero-order valence-electron chi connectivity index (χ0n) is 17.5. The van der Waals surface area contributed by atoms with Crippen LogP contribution in [0, 0.1) is 23.7 Å². The minimum Gasteiger partial charge on any atom is -0.394 e. The van der Waals surface area contributed by atoms with Crippen LogP contribution in [0.15, 0.2) is 0 Å². The predicted octanol–water partition coefficient (Wildman–Crippen LogP) is 6.93. The molecule has 2 aliphatic carbocycles. The monoisotopic (exact) mass is 368 g/mol. The van der Waals surface area contributed by atoms with Crippen molar-refractivity contribution in [2.45, 2.75) is 104 Å². The standard InChI is InChI=1S/C22H44O2Si/c1-5-23-25(24-6-2,17-19(3)21-13-9-7-10-14-21)18-20(4)22-15-11-8-12-16-22/h19-22H,5-18H2,1-4H3. The fourth-order valence-corrected chi connectivity index (χ4v) is 10.0. The lowest BCUT2D eigenvalue weighted by atomic mass is 9.81. The Labute approximate surface area is 158 Å². The van der Waals surface area contributed by atoms with Crippen LogP contribution in [0.5, 0.6) is 0 Å². The molecule has 25 heavy (non-hydrogen) atoms. The predicted molar refractivity (Wildman–Crippen MR) is 110 cm³/mol. The molecule has 0 aromatic rings. The first kappa shape index (κ1) is 21.4. The third-order valence-electron chi connectivity index (χ3n) is 6.99. The van der Waals surface area contributed by atoms with Gasteiger partial charge in [-0.2, -0.15) is 0 Å². The van der Waals surface area contributed by atoms with Crippen molar-refractivity contribution in [1.29, 1.82) is 0 Å². The molecular formula is C22H44O2Si. The zero-order valence-corrected chi connectivity index (χ0v) is 18.5. The van der Waals surface area contributed by atoms with Gasteiger partial charge >= 0.3 is 8.56 Å². The maximum Gasteiger partial charge on any atom is 0.338 e. The summed E-state index contributed by atoms with van der Waals surface area (Å²) in [4.78, 5) is 0. The van der Waals surface area contributed by atoms with Gasteiger partial charge in [-0.15, -0.1) is 0 Å². The average Bonchev–Trinajstić information content (AvgIpc) is 2.63. The van der Waals surface area contributed by atoms with Gasteiger partial charge in [0.1, 0.15) is 0 Å². The molecule has 0 spiro atoms. The van der Waals surface area contributed by atoms with Gasteiger partial charge < -0.3 is 8.85 Å². The molecule has 2 rings (SSSR count). The van der Waals surface area contributed by atoms with Crippen LogP contribution < -0.4 is 0 Å². The molecule has 2 unspecified atom stereocenters. The molecule has 0 aromatic heterocycles. The Balaban J connectivity index is 2.02. The van der Waals surface area contributed by atoms with E-state index in [1.807, 2.05) is 0 Å². The molecule has 0 N–H and O–H groups in total. The first-order chi connectivity index (χ1) is 12.1. The molecule has 2 aliphatic rings. The molecule has 0 amide bonds. The van der Waals surface area contributed by atoms with E-state index >= 15 is 0 Å². The number of hydrogen-bond donors (Lipinski definition) is 0. The summed E-state index contributed by atoms with van der Waals surface area (Å²) in [5.41, 5.74) is 0. The van der Waals surface area contributed by atoms with E-state index in [4.69, 9.17) is 8.85 Å². The lowest BCUT2D eigenvalue weighted by molar-refractivity contribution is 0.155. The van der Waals surface area contributed by atoms with E-state index in [9.17, 15) is 0 Å². The molecule has 3 heteroatoms. The molecule has 0 saturated heterocycles. The van der Waals surface area contributed by atoms with Gasteiger partial charge in [0.05, 0.1) is 0 Å². The second kappa shape index (κ2) is 11.1. The van der Waals surface area contributed by atoms with Crippen LogP contribution in [-0.4, -0.2) is 21.8 Å². The number of hydrogen-bond acceptors (Lipinski definition) is 2. The lowest BCUT2D eigenvalue weighted by Crippen LogP contribution is -2.46. The van der Waals surface area contributed by atoms with E-state index in [1.54, 1.807) is 0 Å². The smallest absolute Gasteiger partial charge is 0.338 e. The topological polar surface area (TPSA) is 18.5 Å². The van der Waals surface area contributed by atoms with Crippen molar-refractivity contribution in [1.82, 2.24) is 0 Å². The van der Waals surface area contributed by atoms with Gasteiger partial charge in [-0.05, 0) is 49.6 Å². The van der Waals surface area contributed by atoms with Crippen molar-refractivity contribution in [3.05, 3.63) is 0 Å². The average molecular weight is 369 g/mol. The first-order valence-corrected chi connectivity index (χ1v) is 13.6. The fraction of sp³-hybridized carbons (Fsp3) is 1.00. The van der Waals surface area contributed by atoms with Gasteiger partial charge in [-0.1, -0.05) is 78.1 Å². The third kappa shape index (κ3) is 6.66. The summed E-state index contributed by atoms with van der Waals surface area (Å²) in [6.45, 7) is 10.9. The molecular weight excluding hydrogens is 324 g/mol. The minimum absolute atomic E-state index is 0.767. The van der Waals surface area contributed by atoms with E-state index in [1.165, 1.54) is 76.3 Å². The molecule has 2 nitrogen and oxygen atoms in total. The molecule has 0 aromatic carbocycles. The second-order valence-corrected chi connectivity index (χ2v) is 12.2. The Hall–Kier alpha value is 0.137. The Bertz CT molecular complexity index is 314. The van der Waals surface area contributed by atoms with Crippen molar-refractivity contribution in [3.8, 4) is 0 Å². The highest BCUT2D eigenvalue weighted by molar-refractivity contribution is 6.67. The summed E-state index contributed by atoms with van der Waals surface area (Å²) in [5.74, 6) is 3.35. The van der Waals surface area contributed by atoms with Gasteiger partial charge in [0.15, 0.2) is 0 Å². The number of rotatable bonds is 10. The largest absolute Gasteiger partial charge is 0.394 e. The Morgan fingerprint density at radius 3 is 1.36 bits per heavy atom. The highest BCUT2D eigenvalue weighted by atomic mass is 28.4. The van der Waals surface area contributed by atoms with Crippen LogP contribution in [0.3, 0.4) is 0 Å². The van der Waals surface area contributed by atoms with Gasteiger partial charge in [0.25, 0.3) is 0 Å². The van der Waals surface area contributed by atoms with Crippen LogP contribution in [0.4, 0.5) is 0 Å². The second-order valence-electron chi connectivity index (χ2n) is 8.94. The maximum absolute atomic E-state index is 6.51. The van der Waals surface area contributed by atoms with Gasteiger partial charge in [-0.25, -0.2) is 0 Å². The van der Waals surface area contributed by atoms with E-state index in [2.05, 4.69) is 27.7 Å². The van der Waals surface area contributed by atoms with Crippen molar-refractivity contribution in [3.63, 3.8) is 0 Å². The molecule has 148 valence electrons. The molecule has 2 atom stereocenters. The fourth-order valence-electron chi connectivity index (χ4n) is 5.61. The van der Waals surface area contributed by atoms with Crippen molar-refractivity contribution in [2.24, 2.45) is 23.7 Å². The van der Waals surface area contributed by atoms with Crippen molar-refractivity contribution >= 4 is 8.56 Å². The molecule has 2 saturated carbocycles. The first-order valence-electron chi connectivity index (χ1n) is 11.4. The highest BCUT2D eigenvalue weighted by Gasteiger charge is 2.42. The SMILES string of the molecule is CCO[Si](CC(C)C1CCCCC1)(CC(C)C1CCCCC1)OCC. The minimum atomic E-state index is -2.09. The molecule has 0 radical (unpaired) electrons. The highest BCUT2D eigenvalue weighted by Crippen LogP contribution is 2.40. The zero-order chi connectivity index (χ0) is 18.1. The molecule has 0 heterocycles. The van der Waals surface area contributed by atoms with Crippen molar-refractivity contribution < 1.29 is 8.85 Å². The summed E-state index contributed by atoms with van der Waals surface area (Å²) >= 11 is 0. The van der Waals surface area contributed by atoms with Crippen LogP contribution in [0.2, 0.25) is 12.1 Å². The summed E-state index contributed by atoms with van der Waals surface area (Å²) in [5, 5.41) is 0. The maximum atomic E-state index is 6.51. The molecule has 0 bridgehead atoms. The summed E-state index contributed by atoms with van der Waals surface area (Å²) in [6, 6.07) is 2.44. The van der Waals surface area contributed by atoms with Gasteiger partial charge in [-0.3, -0.25) is 0 Å². The summed E-state index contributed by atoms with van der Waals surface area (Å²) < 4.78 is 13.0. The normalized spacial score (nSPS) is 23.5. The van der Waals surface area contributed by atoms with Crippen LogP contribution in [0.25, 0.3) is 0 Å². The van der Waals surface area contributed by atoms with Gasteiger partial charge in [0.2, 0.25) is 0 Å². The van der Waals surface area contributed by atoms with Crippen LogP contribution in [0.1, 0.15) is 91.9 Å². The summed E-state index contributed by atoms with van der Waals surface area (Å²) in [7, 11) is -2.09. The van der Waals surface area contributed by atoms with Gasteiger partial charge in [0, 0.05) is 13.2 Å². The molecule has 2 fully saturated rings. The van der Waals surface area contributed by atoms with Crippen LogP contribution >= 0.6 is 0 Å². The van der Waals surface area contributed by atoms with E-state index in [0.29, 0.717) is 0 Å². The molecule has 0 aliphatic heterocycles. The van der Waals surface area contributed by atoms with E-state index in [-0.39, 0.29) is 0 Å². The van der Waals surface area contributed by atoms with E-state index < -0.39 is 8.56 Å². The van der Waals surface area contributed by atoms with Crippen LogP contribution in [-0.2, 0) is 8.85 Å². The third-order valence-corrected chi connectivity index (χ3v) is 11.2. The Morgan fingerprint density at radius 2 is 1.04 bits per heavy atom.